The summed E-state index contributed by atoms with van der Waals surface area (Å²) in [5.74, 6) is 4.17. The Morgan fingerprint density at radius 2 is 1.60 bits per heavy atom. The topological polar surface area (TPSA) is 49.8 Å². The average molecular weight is 278 g/mol. The van der Waals surface area contributed by atoms with Crippen LogP contribution in [0.2, 0.25) is 0 Å². The minimum atomic E-state index is 0.626. The second kappa shape index (κ2) is 8.08. The first kappa shape index (κ1) is 16.7. The van der Waals surface area contributed by atoms with Gasteiger partial charge < -0.3 is 10.6 Å². The number of rotatable bonds is 8. The highest BCUT2D eigenvalue weighted by atomic mass is 15.1. The summed E-state index contributed by atoms with van der Waals surface area (Å²) in [5, 5.41) is 6.83. The van der Waals surface area contributed by atoms with Crippen LogP contribution in [0.1, 0.15) is 52.4 Å². The maximum absolute atomic E-state index is 4.67. The largest absolute Gasteiger partial charge is 0.370 e. The molecule has 1 rings (SSSR count). The van der Waals surface area contributed by atoms with Crippen LogP contribution in [0.5, 0.6) is 0 Å². The number of nitrogens with one attached hydrogen (secondary N) is 2. The number of anilines is 2. The minimum absolute atomic E-state index is 0.626. The lowest BCUT2D eigenvalue weighted by atomic mass is 9.98. The average Bonchev–Trinajstić information content (AvgIpc) is 2.40. The predicted molar refractivity (Wildman–Crippen MR) is 87.4 cm³/mol. The van der Waals surface area contributed by atoms with Crippen LogP contribution in [-0.4, -0.2) is 23.1 Å². The molecule has 0 aromatic carbocycles. The van der Waals surface area contributed by atoms with Crippen molar-refractivity contribution in [1.82, 2.24) is 9.97 Å². The Hall–Kier alpha value is -1.32. The third-order valence-corrected chi connectivity index (χ3v) is 3.74. The number of aryl methyl sites for hydroxylation is 1. The molecule has 0 aliphatic carbocycles. The van der Waals surface area contributed by atoms with E-state index in [9.17, 15) is 0 Å². The Morgan fingerprint density at radius 3 is 2.10 bits per heavy atom. The molecule has 2 N–H and O–H groups in total. The monoisotopic (exact) mass is 278 g/mol. The zero-order valence-electron chi connectivity index (χ0n) is 13.9. The van der Waals surface area contributed by atoms with Crippen LogP contribution >= 0.6 is 0 Å². The van der Waals surface area contributed by atoms with Gasteiger partial charge in [-0.3, -0.25) is 0 Å². The van der Waals surface area contributed by atoms with E-state index >= 15 is 0 Å². The highest BCUT2D eigenvalue weighted by molar-refractivity contribution is 5.57. The Kier molecular flexibility index (Phi) is 6.76. The number of hydrogen-bond donors (Lipinski definition) is 2. The van der Waals surface area contributed by atoms with E-state index in [1.165, 1.54) is 0 Å². The molecular formula is C16H30N4. The molecule has 0 amide bonds. The minimum Gasteiger partial charge on any atom is -0.370 e. The zero-order chi connectivity index (χ0) is 15.1. The first-order chi connectivity index (χ1) is 9.49. The molecule has 0 radical (unpaired) electrons. The molecule has 0 aliphatic rings. The van der Waals surface area contributed by atoms with Gasteiger partial charge in [0.1, 0.15) is 17.5 Å². The summed E-state index contributed by atoms with van der Waals surface area (Å²) >= 11 is 0. The van der Waals surface area contributed by atoms with E-state index in [1.807, 2.05) is 0 Å². The quantitative estimate of drug-likeness (QED) is 0.758. The van der Waals surface area contributed by atoms with Crippen LogP contribution in [-0.2, 0) is 6.42 Å². The molecule has 1 heterocycles. The second-order valence-electron chi connectivity index (χ2n) is 5.84. The van der Waals surface area contributed by atoms with Crippen LogP contribution in [0.4, 0.5) is 11.6 Å². The summed E-state index contributed by atoms with van der Waals surface area (Å²) in [6.07, 6.45) is 1.99. The Balaban J connectivity index is 2.91. The van der Waals surface area contributed by atoms with Crippen molar-refractivity contribution in [3.8, 4) is 0 Å². The molecular weight excluding hydrogens is 248 g/mol. The smallest absolute Gasteiger partial charge is 0.134 e. The molecule has 114 valence electrons. The van der Waals surface area contributed by atoms with Crippen molar-refractivity contribution < 1.29 is 0 Å². The van der Waals surface area contributed by atoms with Gasteiger partial charge in [-0.1, -0.05) is 27.7 Å². The first-order valence-electron chi connectivity index (χ1n) is 7.84. The molecule has 1 aromatic heterocycles. The van der Waals surface area contributed by atoms with Crippen molar-refractivity contribution in [2.24, 2.45) is 11.8 Å². The highest BCUT2D eigenvalue weighted by Gasteiger charge is 2.12. The van der Waals surface area contributed by atoms with E-state index in [-0.39, 0.29) is 0 Å². The molecule has 1 atom stereocenters. The van der Waals surface area contributed by atoms with Gasteiger partial charge in [-0.15, -0.1) is 0 Å². The number of aromatic nitrogens is 2. The van der Waals surface area contributed by atoms with Gasteiger partial charge in [0.05, 0.1) is 0 Å². The molecule has 0 bridgehead atoms. The maximum Gasteiger partial charge on any atom is 0.134 e. The fourth-order valence-electron chi connectivity index (χ4n) is 1.90. The SMILES string of the molecule is CCCc1nc(NCC)c(C)c(NCC(C)C(C)C)n1. The summed E-state index contributed by atoms with van der Waals surface area (Å²) in [7, 11) is 0. The normalized spacial score (nSPS) is 12.6. The molecule has 0 aliphatic heterocycles. The maximum atomic E-state index is 4.67. The van der Waals surface area contributed by atoms with Crippen molar-refractivity contribution in [1.29, 1.82) is 0 Å². The number of hydrogen-bond acceptors (Lipinski definition) is 4. The van der Waals surface area contributed by atoms with Crippen LogP contribution in [0.15, 0.2) is 0 Å². The third-order valence-electron chi connectivity index (χ3n) is 3.74. The molecule has 0 saturated carbocycles. The fraction of sp³-hybridized carbons (Fsp3) is 0.750. The van der Waals surface area contributed by atoms with Crippen molar-refractivity contribution in [3.05, 3.63) is 11.4 Å². The van der Waals surface area contributed by atoms with Gasteiger partial charge in [-0.05, 0) is 32.1 Å². The van der Waals surface area contributed by atoms with Gasteiger partial charge in [0.15, 0.2) is 0 Å². The second-order valence-corrected chi connectivity index (χ2v) is 5.84. The van der Waals surface area contributed by atoms with Gasteiger partial charge in [0.2, 0.25) is 0 Å². The van der Waals surface area contributed by atoms with E-state index in [0.717, 1.165) is 49.0 Å². The Labute approximate surface area is 123 Å². The summed E-state index contributed by atoms with van der Waals surface area (Å²) in [6, 6.07) is 0. The van der Waals surface area contributed by atoms with E-state index in [1.54, 1.807) is 0 Å². The summed E-state index contributed by atoms with van der Waals surface area (Å²) < 4.78 is 0. The highest BCUT2D eigenvalue weighted by Crippen LogP contribution is 2.21. The van der Waals surface area contributed by atoms with Gasteiger partial charge >= 0.3 is 0 Å². The molecule has 0 saturated heterocycles. The molecule has 1 unspecified atom stereocenters. The lowest BCUT2D eigenvalue weighted by molar-refractivity contribution is 0.439. The van der Waals surface area contributed by atoms with Gasteiger partial charge in [-0.2, -0.15) is 0 Å². The molecule has 0 fully saturated rings. The van der Waals surface area contributed by atoms with Crippen LogP contribution in [0.3, 0.4) is 0 Å². The van der Waals surface area contributed by atoms with Crippen molar-refractivity contribution in [3.63, 3.8) is 0 Å². The molecule has 1 aromatic rings. The number of nitrogens with zero attached hydrogens (tertiary/aromatic N) is 2. The van der Waals surface area contributed by atoms with Crippen LogP contribution in [0, 0.1) is 18.8 Å². The molecule has 4 nitrogen and oxygen atoms in total. The van der Waals surface area contributed by atoms with Crippen molar-refractivity contribution in [2.75, 3.05) is 23.7 Å². The van der Waals surface area contributed by atoms with Crippen molar-refractivity contribution in [2.45, 2.75) is 54.4 Å². The summed E-state index contributed by atoms with van der Waals surface area (Å²) in [4.78, 5) is 9.29. The van der Waals surface area contributed by atoms with Crippen LogP contribution < -0.4 is 10.6 Å². The van der Waals surface area contributed by atoms with E-state index in [4.69, 9.17) is 0 Å². The predicted octanol–water partition coefficient (Wildman–Crippen LogP) is 3.87. The lowest BCUT2D eigenvalue weighted by Crippen LogP contribution is -2.19. The van der Waals surface area contributed by atoms with Gasteiger partial charge in [0, 0.05) is 25.1 Å². The van der Waals surface area contributed by atoms with E-state index in [0.29, 0.717) is 11.8 Å². The standard InChI is InChI=1S/C16H30N4/c1-7-9-14-19-15(17-8-2)13(6)16(20-14)18-10-12(5)11(3)4/h11-12H,7-10H2,1-6H3,(H2,17,18,19,20). The third kappa shape index (κ3) is 4.66. The first-order valence-corrected chi connectivity index (χ1v) is 7.84. The summed E-state index contributed by atoms with van der Waals surface area (Å²) in [5.41, 5.74) is 1.11. The van der Waals surface area contributed by atoms with Crippen LogP contribution in [0.25, 0.3) is 0 Å². The molecule has 20 heavy (non-hydrogen) atoms. The van der Waals surface area contributed by atoms with Crippen molar-refractivity contribution >= 4 is 11.6 Å². The Morgan fingerprint density at radius 1 is 1.00 bits per heavy atom. The van der Waals surface area contributed by atoms with Gasteiger partial charge in [0.25, 0.3) is 0 Å². The van der Waals surface area contributed by atoms with E-state index in [2.05, 4.69) is 62.1 Å². The molecule has 4 heteroatoms. The zero-order valence-corrected chi connectivity index (χ0v) is 13.9. The van der Waals surface area contributed by atoms with Gasteiger partial charge in [-0.25, -0.2) is 9.97 Å². The Bertz CT molecular complexity index is 415. The van der Waals surface area contributed by atoms with E-state index < -0.39 is 0 Å². The summed E-state index contributed by atoms with van der Waals surface area (Å²) in [6.45, 7) is 14.9. The lowest BCUT2D eigenvalue weighted by Gasteiger charge is -2.19. The molecule has 0 spiro atoms. The fourth-order valence-corrected chi connectivity index (χ4v) is 1.90.